The summed E-state index contributed by atoms with van der Waals surface area (Å²) in [5.41, 5.74) is 0. The van der Waals surface area contributed by atoms with E-state index < -0.39 is 58.3 Å². The number of nitrogens with one attached hydrogen (secondary N) is 1. The normalized spacial score (nSPS) is 32.2. The summed E-state index contributed by atoms with van der Waals surface area (Å²) in [4.78, 5) is 0. The molecule has 0 saturated carbocycles. The van der Waals surface area contributed by atoms with Crippen molar-refractivity contribution >= 4 is 20.7 Å². The van der Waals surface area contributed by atoms with Crippen LogP contribution in [0.2, 0.25) is 0 Å². The summed E-state index contributed by atoms with van der Waals surface area (Å²) in [5.74, 6) is 0. The van der Waals surface area contributed by atoms with Gasteiger partial charge in [-0.15, -0.1) is 0 Å². The third kappa shape index (κ3) is 5.55. The second kappa shape index (κ2) is 6.59. The Bertz CT molecular complexity index is 514. The monoisotopic (exact) mass is 335 g/mol. The summed E-state index contributed by atoms with van der Waals surface area (Å²) in [6, 6.07) is -1.26. The van der Waals surface area contributed by atoms with E-state index in [-0.39, 0.29) is 0 Å². The molecule has 1 aliphatic rings. The van der Waals surface area contributed by atoms with Crippen LogP contribution < -0.4 is 4.72 Å². The predicted octanol–water partition coefficient (Wildman–Crippen LogP) is -3.34. The smallest absolute Gasteiger partial charge is 0.217 e. The van der Waals surface area contributed by atoms with E-state index in [1.165, 1.54) is 0 Å². The Balaban J connectivity index is 2.71. The SMILES string of the molecule is COC1C(COS(=O)(=O)[O-])OCC(NS(=O)(=O)[O-])[C@@H]1O. The van der Waals surface area contributed by atoms with Gasteiger partial charge in [0.2, 0.25) is 10.4 Å². The van der Waals surface area contributed by atoms with Crippen molar-refractivity contribution in [2.75, 3.05) is 20.3 Å². The molecule has 4 atom stereocenters. The fraction of sp³-hybridized carbons (Fsp3) is 1.00. The first-order valence-corrected chi connectivity index (χ1v) is 7.93. The van der Waals surface area contributed by atoms with Crippen LogP contribution in [0, 0.1) is 0 Å². The van der Waals surface area contributed by atoms with Gasteiger partial charge in [-0.1, -0.05) is 0 Å². The molecule has 0 bridgehead atoms. The number of aliphatic hydroxyl groups is 1. The van der Waals surface area contributed by atoms with Gasteiger partial charge >= 0.3 is 0 Å². The van der Waals surface area contributed by atoms with Gasteiger partial charge in [0, 0.05) is 7.11 Å². The maximum absolute atomic E-state index is 10.6. The molecule has 0 spiro atoms. The predicted molar refractivity (Wildman–Crippen MR) is 58.8 cm³/mol. The molecule has 1 fully saturated rings. The van der Waals surface area contributed by atoms with Crippen molar-refractivity contribution in [3.05, 3.63) is 0 Å². The van der Waals surface area contributed by atoms with Crippen molar-refractivity contribution in [2.24, 2.45) is 0 Å². The van der Waals surface area contributed by atoms with E-state index in [0.717, 1.165) is 7.11 Å². The van der Waals surface area contributed by atoms with Gasteiger partial charge in [-0.3, -0.25) is 4.18 Å². The summed E-state index contributed by atoms with van der Waals surface area (Å²) < 4.78 is 78.1. The third-order valence-electron chi connectivity index (χ3n) is 2.55. The Kier molecular flexibility index (Phi) is 5.82. The molecule has 0 aliphatic carbocycles. The fourth-order valence-electron chi connectivity index (χ4n) is 1.74. The Morgan fingerprint density at radius 2 is 1.95 bits per heavy atom. The lowest BCUT2D eigenvalue weighted by Crippen LogP contribution is -2.60. The first kappa shape index (κ1) is 17.7. The minimum atomic E-state index is -4.94. The van der Waals surface area contributed by atoms with Crippen LogP contribution in [0.4, 0.5) is 0 Å². The highest BCUT2D eigenvalue weighted by atomic mass is 32.3. The number of methoxy groups -OCH3 is 1. The standard InChI is InChI=1S/C7H15NO10S2/c1-16-7-5(3-18-20(13,14)15)17-2-4(6(7)9)8-19(10,11)12/h4-9H,2-3H2,1H3,(H,10,11,12)(H,13,14,15)/p-2/t4?,5?,6-,7?/m0/s1. The Morgan fingerprint density at radius 3 is 2.40 bits per heavy atom. The van der Waals surface area contributed by atoms with Gasteiger partial charge in [-0.05, 0) is 0 Å². The highest BCUT2D eigenvalue weighted by Gasteiger charge is 2.40. The molecule has 11 nitrogen and oxygen atoms in total. The van der Waals surface area contributed by atoms with E-state index >= 15 is 0 Å². The van der Waals surface area contributed by atoms with Gasteiger partial charge < -0.3 is 23.7 Å². The zero-order valence-electron chi connectivity index (χ0n) is 10.2. The zero-order chi connectivity index (χ0) is 15.6. The van der Waals surface area contributed by atoms with Crippen LogP contribution in [0.15, 0.2) is 0 Å². The van der Waals surface area contributed by atoms with E-state index in [2.05, 4.69) is 4.18 Å². The summed E-state index contributed by atoms with van der Waals surface area (Å²) in [6.45, 7) is -1.13. The van der Waals surface area contributed by atoms with Crippen LogP contribution in [0.1, 0.15) is 0 Å². The van der Waals surface area contributed by atoms with Gasteiger partial charge in [-0.25, -0.2) is 21.6 Å². The lowest BCUT2D eigenvalue weighted by molar-refractivity contribution is -0.167. The molecule has 1 rings (SSSR count). The lowest BCUT2D eigenvalue weighted by atomic mass is 9.99. The second-order valence-corrected chi connectivity index (χ2v) is 6.13. The summed E-state index contributed by atoms with van der Waals surface area (Å²) in [7, 11) is -8.61. The fourth-order valence-corrected chi connectivity index (χ4v) is 2.62. The molecule has 13 heteroatoms. The molecule has 1 saturated heterocycles. The molecule has 0 amide bonds. The molecule has 0 aromatic heterocycles. The highest BCUT2D eigenvalue weighted by Crippen LogP contribution is 2.19. The van der Waals surface area contributed by atoms with Gasteiger partial charge in [0.05, 0.1) is 19.3 Å². The Hall–Kier alpha value is -0.380. The second-order valence-electron chi connectivity index (χ2n) is 3.93. The maximum Gasteiger partial charge on any atom is 0.217 e. The maximum atomic E-state index is 10.6. The van der Waals surface area contributed by atoms with Crippen molar-refractivity contribution in [3.63, 3.8) is 0 Å². The van der Waals surface area contributed by atoms with Gasteiger partial charge in [0.1, 0.15) is 18.3 Å². The molecule has 0 aromatic rings. The number of hydrogen-bond donors (Lipinski definition) is 2. The minimum Gasteiger partial charge on any atom is -0.735 e. The van der Waals surface area contributed by atoms with Gasteiger partial charge in [0.15, 0.2) is 10.3 Å². The van der Waals surface area contributed by atoms with Crippen molar-refractivity contribution in [1.29, 1.82) is 0 Å². The van der Waals surface area contributed by atoms with Crippen molar-refractivity contribution in [2.45, 2.75) is 24.4 Å². The first-order chi connectivity index (χ1) is 9.03. The summed E-state index contributed by atoms with van der Waals surface area (Å²) in [5, 5.41) is 9.84. The largest absolute Gasteiger partial charge is 0.735 e. The summed E-state index contributed by atoms with van der Waals surface area (Å²) in [6.07, 6.45) is -3.80. The molecule has 0 radical (unpaired) electrons. The summed E-state index contributed by atoms with van der Waals surface area (Å²) >= 11 is 0. The molecule has 20 heavy (non-hydrogen) atoms. The zero-order valence-corrected chi connectivity index (χ0v) is 11.8. The number of hydrogen-bond acceptors (Lipinski definition) is 10. The number of ether oxygens (including phenoxy) is 2. The molecule has 1 heterocycles. The van der Waals surface area contributed by atoms with E-state index in [0.29, 0.717) is 0 Å². The molecular formula is C7H13NO10S2-2. The van der Waals surface area contributed by atoms with E-state index in [9.17, 15) is 31.0 Å². The first-order valence-electron chi connectivity index (χ1n) is 5.19. The van der Waals surface area contributed by atoms with Crippen molar-refractivity contribution < 1.29 is 44.7 Å². The molecule has 3 unspecified atom stereocenters. The average molecular weight is 335 g/mol. The molecule has 1 aliphatic heterocycles. The quantitative estimate of drug-likeness (QED) is 0.368. The van der Waals surface area contributed by atoms with E-state index in [1.54, 1.807) is 4.72 Å². The lowest BCUT2D eigenvalue weighted by Gasteiger charge is -2.39. The Labute approximate surface area is 115 Å². The van der Waals surface area contributed by atoms with Crippen LogP contribution in [-0.4, -0.2) is 75.7 Å². The highest BCUT2D eigenvalue weighted by molar-refractivity contribution is 7.83. The van der Waals surface area contributed by atoms with Crippen LogP contribution in [-0.2, 0) is 34.4 Å². The molecule has 120 valence electrons. The van der Waals surface area contributed by atoms with Gasteiger partial charge in [0.25, 0.3) is 0 Å². The van der Waals surface area contributed by atoms with Crippen LogP contribution in [0.25, 0.3) is 0 Å². The van der Waals surface area contributed by atoms with Crippen LogP contribution in [0.3, 0.4) is 0 Å². The molecular weight excluding hydrogens is 322 g/mol. The molecule has 0 aromatic carbocycles. The molecule has 2 N–H and O–H groups in total. The van der Waals surface area contributed by atoms with E-state index in [1.807, 2.05) is 0 Å². The van der Waals surface area contributed by atoms with Crippen LogP contribution >= 0.6 is 0 Å². The van der Waals surface area contributed by atoms with Crippen molar-refractivity contribution in [1.82, 2.24) is 4.72 Å². The number of rotatable bonds is 6. The topological polar surface area (TPSA) is 174 Å². The average Bonchev–Trinajstić information content (AvgIpc) is 2.27. The number of aliphatic hydroxyl groups excluding tert-OH is 1. The minimum absolute atomic E-state index is 0.421. The third-order valence-corrected chi connectivity index (χ3v) is 3.57. The van der Waals surface area contributed by atoms with E-state index in [4.69, 9.17) is 9.47 Å². The van der Waals surface area contributed by atoms with Gasteiger partial charge in [-0.2, -0.15) is 0 Å². The van der Waals surface area contributed by atoms with Crippen LogP contribution in [0.5, 0.6) is 0 Å². The van der Waals surface area contributed by atoms with Crippen molar-refractivity contribution in [3.8, 4) is 0 Å². The Morgan fingerprint density at radius 1 is 1.35 bits per heavy atom.